The molecule has 0 atom stereocenters. The van der Waals surface area contributed by atoms with Crippen LogP contribution in [-0.4, -0.2) is 31.0 Å². The Balaban J connectivity index is 1.80. The molecule has 1 saturated carbocycles. The molecule has 1 saturated heterocycles. The van der Waals surface area contributed by atoms with Gasteiger partial charge in [0.1, 0.15) is 5.75 Å². The van der Waals surface area contributed by atoms with Crippen LogP contribution in [0, 0.1) is 5.41 Å². The van der Waals surface area contributed by atoms with E-state index in [2.05, 4.69) is 15.9 Å². The predicted molar refractivity (Wildman–Crippen MR) is 77.5 cm³/mol. The van der Waals surface area contributed by atoms with Gasteiger partial charge in [0.2, 0.25) is 0 Å². The van der Waals surface area contributed by atoms with E-state index in [1.165, 1.54) is 12.8 Å². The minimum Gasteiger partial charge on any atom is -0.496 e. The zero-order valence-electron chi connectivity index (χ0n) is 11.1. The van der Waals surface area contributed by atoms with Crippen molar-refractivity contribution < 1.29 is 9.53 Å². The van der Waals surface area contributed by atoms with Gasteiger partial charge in [-0.2, -0.15) is 0 Å². The summed E-state index contributed by atoms with van der Waals surface area (Å²) < 4.78 is 6.12. The third-order valence-corrected chi connectivity index (χ3v) is 5.14. The van der Waals surface area contributed by atoms with Crippen LogP contribution >= 0.6 is 15.9 Å². The van der Waals surface area contributed by atoms with Gasteiger partial charge in [-0.1, -0.05) is 6.07 Å². The molecule has 3 rings (SSSR count). The summed E-state index contributed by atoms with van der Waals surface area (Å²) >= 11 is 3.46. The van der Waals surface area contributed by atoms with Crippen molar-refractivity contribution in [2.24, 2.45) is 5.41 Å². The number of rotatable bonds is 2. The number of carbonyl (C=O) groups is 1. The Bertz CT molecular complexity index is 501. The number of ether oxygens (including phenoxy) is 1. The van der Waals surface area contributed by atoms with E-state index in [0.29, 0.717) is 16.7 Å². The first-order valence-corrected chi connectivity index (χ1v) is 7.56. The van der Waals surface area contributed by atoms with Crippen LogP contribution < -0.4 is 4.74 Å². The second-order valence-corrected chi connectivity index (χ2v) is 6.46. The first-order valence-electron chi connectivity index (χ1n) is 6.77. The molecule has 3 nitrogen and oxygen atoms in total. The van der Waals surface area contributed by atoms with Crippen LogP contribution in [0.15, 0.2) is 22.7 Å². The summed E-state index contributed by atoms with van der Waals surface area (Å²) in [5.41, 5.74) is 1.24. The number of methoxy groups -OCH3 is 1. The highest BCUT2D eigenvalue weighted by Crippen LogP contribution is 2.53. The van der Waals surface area contributed by atoms with E-state index in [1.807, 2.05) is 23.1 Å². The summed E-state index contributed by atoms with van der Waals surface area (Å²) in [5.74, 6) is 0.728. The van der Waals surface area contributed by atoms with Crippen molar-refractivity contribution in [1.82, 2.24) is 4.90 Å². The number of hydrogen-bond acceptors (Lipinski definition) is 2. The Kier molecular flexibility index (Phi) is 3.29. The highest BCUT2D eigenvalue weighted by molar-refractivity contribution is 9.10. The number of nitrogens with zero attached hydrogens (tertiary/aromatic N) is 1. The largest absolute Gasteiger partial charge is 0.496 e. The summed E-state index contributed by atoms with van der Waals surface area (Å²) in [6.45, 7) is 1.76. The van der Waals surface area contributed by atoms with Gasteiger partial charge in [-0.25, -0.2) is 0 Å². The van der Waals surface area contributed by atoms with Gasteiger partial charge in [0, 0.05) is 17.6 Å². The molecule has 1 spiro atoms. The van der Waals surface area contributed by atoms with Gasteiger partial charge in [0.15, 0.2) is 0 Å². The Morgan fingerprint density at radius 1 is 1.26 bits per heavy atom. The number of carbonyl (C=O) groups excluding carboxylic acids is 1. The standard InChI is InChI=1S/C15H18BrNO2/c1-19-12-4-2-3-11(16)13(12)14(18)17-9-7-15(5-6-15)8-10-17/h2-4H,5-10H2,1H3. The molecular formula is C15H18BrNO2. The van der Waals surface area contributed by atoms with Crippen molar-refractivity contribution in [3.05, 3.63) is 28.2 Å². The van der Waals surface area contributed by atoms with E-state index in [9.17, 15) is 4.79 Å². The molecule has 0 bridgehead atoms. The lowest BCUT2D eigenvalue weighted by atomic mass is 9.93. The molecule has 1 aliphatic carbocycles. The number of piperidine rings is 1. The summed E-state index contributed by atoms with van der Waals surface area (Å²) in [6, 6.07) is 5.61. The maximum absolute atomic E-state index is 12.6. The topological polar surface area (TPSA) is 29.5 Å². The Hall–Kier alpha value is -1.03. The molecule has 1 aromatic carbocycles. The summed E-state index contributed by atoms with van der Waals surface area (Å²) in [6.07, 6.45) is 5.03. The third kappa shape index (κ3) is 2.38. The molecule has 0 radical (unpaired) electrons. The maximum Gasteiger partial charge on any atom is 0.258 e. The quantitative estimate of drug-likeness (QED) is 0.834. The molecule has 102 valence electrons. The van der Waals surface area contributed by atoms with Crippen LogP contribution in [0.1, 0.15) is 36.0 Å². The molecule has 2 fully saturated rings. The molecule has 0 aromatic heterocycles. The Morgan fingerprint density at radius 2 is 1.95 bits per heavy atom. The minimum absolute atomic E-state index is 0.0832. The second kappa shape index (κ2) is 4.82. The predicted octanol–water partition coefficient (Wildman–Crippen LogP) is 3.47. The minimum atomic E-state index is 0.0832. The van der Waals surface area contributed by atoms with Gasteiger partial charge in [-0.05, 0) is 59.2 Å². The average molecular weight is 324 g/mol. The first kappa shape index (κ1) is 13.0. The Labute approximate surface area is 122 Å². The number of benzene rings is 1. The maximum atomic E-state index is 12.6. The van der Waals surface area contributed by atoms with Crippen molar-refractivity contribution >= 4 is 21.8 Å². The average Bonchev–Trinajstić information content (AvgIpc) is 3.18. The highest BCUT2D eigenvalue weighted by Gasteiger charge is 2.45. The van der Waals surface area contributed by atoms with Crippen molar-refractivity contribution in [1.29, 1.82) is 0 Å². The lowest BCUT2D eigenvalue weighted by molar-refractivity contribution is 0.0674. The molecule has 2 aliphatic rings. The van der Waals surface area contributed by atoms with Gasteiger partial charge in [-0.3, -0.25) is 4.79 Å². The molecule has 1 amide bonds. The van der Waals surface area contributed by atoms with Crippen LogP contribution in [0.2, 0.25) is 0 Å². The van der Waals surface area contributed by atoms with E-state index in [4.69, 9.17) is 4.74 Å². The van der Waals surface area contributed by atoms with Crippen molar-refractivity contribution in [3.63, 3.8) is 0 Å². The smallest absolute Gasteiger partial charge is 0.258 e. The Morgan fingerprint density at radius 3 is 2.53 bits per heavy atom. The van der Waals surface area contributed by atoms with Crippen LogP contribution in [0.3, 0.4) is 0 Å². The van der Waals surface area contributed by atoms with E-state index >= 15 is 0 Å². The monoisotopic (exact) mass is 323 g/mol. The molecule has 4 heteroatoms. The van der Waals surface area contributed by atoms with Crippen molar-refractivity contribution in [3.8, 4) is 5.75 Å². The van der Waals surface area contributed by atoms with Gasteiger partial charge in [0.25, 0.3) is 5.91 Å². The van der Waals surface area contributed by atoms with E-state index < -0.39 is 0 Å². The fourth-order valence-electron chi connectivity index (χ4n) is 2.90. The zero-order chi connectivity index (χ0) is 13.5. The zero-order valence-corrected chi connectivity index (χ0v) is 12.7. The van der Waals surface area contributed by atoms with E-state index in [1.54, 1.807) is 7.11 Å². The van der Waals surface area contributed by atoms with E-state index in [0.717, 1.165) is 30.4 Å². The summed E-state index contributed by atoms with van der Waals surface area (Å²) in [7, 11) is 1.61. The van der Waals surface area contributed by atoms with Crippen LogP contribution in [0.25, 0.3) is 0 Å². The molecule has 0 N–H and O–H groups in total. The fourth-order valence-corrected chi connectivity index (χ4v) is 3.42. The van der Waals surface area contributed by atoms with Gasteiger partial charge < -0.3 is 9.64 Å². The molecule has 1 aromatic rings. The summed E-state index contributed by atoms with van der Waals surface area (Å²) in [5, 5.41) is 0. The number of amides is 1. The second-order valence-electron chi connectivity index (χ2n) is 5.61. The normalized spacial score (nSPS) is 20.4. The van der Waals surface area contributed by atoms with Crippen LogP contribution in [-0.2, 0) is 0 Å². The lowest BCUT2D eigenvalue weighted by Crippen LogP contribution is -2.39. The molecule has 1 aliphatic heterocycles. The molecule has 19 heavy (non-hydrogen) atoms. The SMILES string of the molecule is COc1cccc(Br)c1C(=O)N1CCC2(CC1)CC2. The first-order chi connectivity index (χ1) is 9.15. The molecule has 1 heterocycles. The summed E-state index contributed by atoms with van der Waals surface area (Å²) in [4.78, 5) is 14.6. The number of likely N-dealkylation sites (tertiary alicyclic amines) is 1. The van der Waals surface area contributed by atoms with Crippen LogP contribution in [0.5, 0.6) is 5.75 Å². The van der Waals surface area contributed by atoms with E-state index in [-0.39, 0.29) is 5.91 Å². The van der Waals surface area contributed by atoms with Crippen LogP contribution in [0.4, 0.5) is 0 Å². The highest BCUT2D eigenvalue weighted by atomic mass is 79.9. The molecule has 0 unspecified atom stereocenters. The number of halogens is 1. The van der Waals surface area contributed by atoms with Gasteiger partial charge in [0.05, 0.1) is 12.7 Å². The number of hydrogen-bond donors (Lipinski definition) is 0. The molecular weight excluding hydrogens is 306 g/mol. The third-order valence-electron chi connectivity index (χ3n) is 4.48. The van der Waals surface area contributed by atoms with Gasteiger partial charge >= 0.3 is 0 Å². The van der Waals surface area contributed by atoms with Gasteiger partial charge in [-0.15, -0.1) is 0 Å². The van der Waals surface area contributed by atoms with Crippen molar-refractivity contribution in [2.45, 2.75) is 25.7 Å². The lowest BCUT2D eigenvalue weighted by Gasteiger charge is -2.32. The van der Waals surface area contributed by atoms with Crippen molar-refractivity contribution in [2.75, 3.05) is 20.2 Å². The fraction of sp³-hybridized carbons (Fsp3) is 0.533.